The van der Waals surface area contributed by atoms with Crippen LogP contribution in [0, 0.1) is 6.92 Å². The number of hydrogen-bond acceptors (Lipinski definition) is 3. The lowest BCUT2D eigenvalue weighted by atomic mass is 10.1. The second-order valence-corrected chi connectivity index (χ2v) is 6.88. The van der Waals surface area contributed by atoms with E-state index < -0.39 is 10.8 Å². The van der Waals surface area contributed by atoms with E-state index in [1.165, 1.54) is 0 Å². The van der Waals surface area contributed by atoms with Gasteiger partial charge in [0.1, 0.15) is 0 Å². The maximum absolute atomic E-state index is 12.3. The van der Waals surface area contributed by atoms with Crippen LogP contribution in [0.3, 0.4) is 0 Å². The van der Waals surface area contributed by atoms with Crippen molar-refractivity contribution in [3.63, 3.8) is 0 Å². The number of methoxy groups -OCH3 is 1. The summed E-state index contributed by atoms with van der Waals surface area (Å²) in [5.41, 5.74) is 3.30. The molecule has 0 aromatic heterocycles. The first-order valence-electron chi connectivity index (χ1n) is 7.39. The molecule has 5 heteroatoms. The summed E-state index contributed by atoms with van der Waals surface area (Å²) in [5, 5.41) is 2.88. The summed E-state index contributed by atoms with van der Waals surface area (Å²) in [4.78, 5) is 12.3. The van der Waals surface area contributed by atoms with Gasteiger partial charge in [-0.25, -0.2) is 0 Å². The summed E-state index contributed by atoms with van der Waals surface area (Å²) in [5.74, 6) is 0.819. The van der Waals surface area contributed by atoms with E-state index in [2.05, 4.69) is 5.32 Å². The van der Waals surface area contributed by atoms with Crippen LogP contribution in [0.2, 0.25) is 0 Å². The molecule has 1 atom stereocenters. The molecule has 2 aromatic carbocycles. The van der Waals surface area contributed by atoms with Gasteiger partial charge >= 0.3 is 0 Å². The molecule has 2 aromatic rings. The molecule has 0 aliphatic heterocycles. The SMILES string of the molecule is COCCS(=O)Cc1cccc(NC(=O)c2cccc(C)c2)c1. The molecule has 1 unspecified atom stereocenters. The molecule has 4 nitrogen and oxygen atoms in total. The molecule has 2 rings (SSSR count). The first-order chi connectivity index (χ1) is 11.1. The molecular formula is C18H21NO3S. The zero-order valence-electron chi connectivity index (χ0n) is 13.4. The Morgan fingerprint density at radius 1 is 1.17 bits per heavy atom. The van der Waals surface area contributed by atoms with Crippen molar-refractivity contribution in [3.8, 4) is 0 Å². The van der Waals surface area contributed by atoms with Crippen molar-refractivity contribution in [2.24, 2.45) is 0 Å². The Bertz CT molecular complexity index is 700. The van der Waals surface area contributed by atoms with Crippen molar-refractivity contribution in [1.29, 1.82) is 0 Å². The van der Waals surface area contributed by atoms with Gasteiger partial charge in [0, 0.05) is 40.7 Å². The number of rotatable bonds is 7. The second-order valence-electron chi connectivity index (χ2n) is 5.31. The van der Waals surface area contributed by atoms with E-state index >= 15 is 0 Å². The molecule has 0 fully saturated rings. The largest absolute Gasteiger partial charge is 0.384 e. The van der Waals surface area contributed by atoms with Crippen LogP contribution in [-0.2, 0) is 21.3 Å². The minimum atomic E-state index is -0.969. The monoisotopic (exact) mass is 331 g/mol. The quantitative estimate of drug-likeness (QED) is 0.848. The maximum Gasteiger partial charge on any atom is 0.255 e. The van der Waals surface area contributed by atoms with Crippen molar-refractivity contribution in [2.75, 3.05) is 24.8 Å². The highest BCUT2D eigenvalue weighted by molar-refractivity contribution is 7.84. The third-order valence-electron chi connectivity index (χ3n) is 3.31. The Labute approximate surface area is 139 Å². The maximum atomic E-state index is 12.3. The van der Waals surface area contributed by atoms with Gasteiger partial charge in [0.15, 0.2) is 0 Å². The van der Waals surface area contributed by atoms with Crippen LogP contribution in [0.15, 0.2) is 48.5 Å². The number of benzene rings is 2. The van der Waals surface area contributed by atoms with Gasteiger partial charge in [-0.05, 0) is 36.8 Å². The second kappa shape index (κ2) is 8.60. The van der Waals surface area contributed by atoms with Crippen molar-refractivity contribution < 1.29 is 13.7 Å². The van der Waals surface area contributed by atoms with E-state index in [1.54, 1.807) is 13.2 Å². The number of ether oxygens (including phenoxy) is 1. The molecule has 1 N–H and O–H groups in total. The number of amides is 1. The van der Waals surface area contributed by atoms with Crippen LogP contribution in [-0.4, -0.2) is 29.6 Å². The van der Waals surface area contributed by atoms with Crippen LogP contribution >= 0.6 is 0 Å². The highest BCUT2D eigenvalue weighted by Crippen LogP contribution is 2.14. The van der Waals surface area contributed by atoms with Crippen LogP contribution < -0.4 is 5.32 Å². The Balaban J connectivity index is 2.02. The zero-order valence-corrected chi connectivity index (χ0v) is 14.2. The average Bonchev–Trinajstić information content (AvgIpc) is 2.53. The first kappa shape index (κ1) is 17.4. The van der Waals surface area contributed by atoms with Gasteiger partial charge in [-0.2, -0.15) is 0 Å². The van der Waals surface area contributed by atoms with Gasteiger partial charge in [-0.15, -0.1) is 0 Å². The third kappa shape index (κ3) is 5.62. The summed E-state index contributed by atoms with van der Waals surface area (Å²) in [6.07, 6.45) is 0. The topological polar surface area (TPSA) is 55.4 Å². The molecule has 0 aliphatic carbocycles. The smallest absolute Gasteiger partial charge is 0.255 e. The number of aryl methyl sites for hydroxylation is 1. The fraction of sp³-hybridized carbons (Fsp3) is 0.278. The summed E-state index contributed by atoms with van der Waals surface area (Å²) in [6, 6.07) is 14.9. The highest BCUT2D eigenvalue weighted by Gasteiger charge is 2.07. The molecule has 0 saturated carbocycles. The van der Waals surface area contributed by atoms with Gasteiger partial charge in [-0.1, -0.05) is 29.8 Å². The van der Waals surface area contributed by atoms with Crippen molar-refractivity contribution in [1.82, 2.24) is 0 Å². The van der Waals surface area contributed by atoms with Crippen molar-refractivity contribution >= 4 is 22.4 Å². The van der Waals surface area contributed by atoms with Gasteiger partial charge in [0.2, 0.25) is 0 Å². The van der Waals surface area contributed by atoms with E-state index in [1.807, 2.05) is 49.4 Å². The molecule has 0 radical (unpaired) electrons. The molecule has 122 valence electrons. The number of carbonyl (C=O) groups excluding carboxylic acids is 1. The predicted octanol–water partition coefficient (Wildman–Crippen LogP) is 3.14. The van der Waals surface area contributed by atoms with Crippen molar-refractivity contribution in [2.45, 2.75) is 12.7 Å². The Morgan fingerprint density at radius 2 is 1.96 bits per heavy atom. The lowest BCUT2D eigenvalue weighted by molar-refractivity contribution is 0.102. The van der Waals surface area contributed by atoms with E-state index in [0.29, 0.717) is 29.4 Å². The minimum Gasteiger partial charge on any atom is -0.384 e. The van der Waals surface area contributed by atoms with Gasteiger partial charge in [0.25, 0.3) is 5.91 Å². The van der Waals surface area contributed by atoms with Crippen molar-refractivity contribution in [3.05, 3.63) is 65.2 Å². The lowest BCUT2D eigenvalue weighted by Gasteiger charge is -2.08. The van der Waals surface area contributed by atoms with Crippen LogP contribution in [0.5, 0.6) is 0 Å². The normalized spacial score (nSPS) is 11.9. The molecule has 1 amide bonds. The van der Waals surface area contributed by atoms with E-state index in [-0.39, 0.29) is 5.91 Å². The summed E-state index contributed by atoms with van der Waals surface area (Å²) in [7, 11) is 0.627. The number of hydrogen-bond donors (Lipinski definition) is 1. The number of nitrogens with one attached hydrogen (secondary N) is 1. The lowest BCUT2D eigenvalue weighted by Crippen LogP contribution is -2.12. The molecule has 23 heavy (non-hydrogen) atoms. The Kier molecular flexibility index (Phi) is 6.50. The average molecular weight is 331 g/mol. The highest BCUT2D eigenvalue weighted by atomic mass is 32.2. The van der Waals surface area contributed by atoms with Gasteiger partial charge in [-0.3, -0.25) is 9.00 Å². The van der Waals surface area contributed by atoms with E-state index in [0.717, 1.165) is 11.1 Å². The molecule has 0 bridgehead atoms. The number of anilines is 1. The van der Waals surface area contributed by atoms with E-state index in [9.17, 15) is 9.00 Å². The summed E-state index contributed by atoms with van der Waals surface area (Å²) < 4.78 is 16.8. The molecule has 0 heterocycles. The zero-order chi connectivity index (χ0) is 16.7. The standard InChI is InChI=1S/C18H21NO3S/c1-14-5-3-7-16(11-14)18(20)19-17-8-4-6-15(12-17)13-23(21)10-9-22-2/h3-8,11-12H,9-10,13H2,1-2H3,(H,19,20). The predicted molar refractivity (Wildman–Crippen MR) is 94.2 cm³/mol. The van der Waals surface area contributed by atoms with Crippen LogP contribution in [0.1, 0.15) is 21.5 Å². The Morgan fingerprint density at radius 3 is 2.70 bits per heavy atom. The first-order valence-corrected chi connectivity index (χ1v) is 8.88. The van der Waals surface area contributed by atoms with Crippen LogP contribution in [0.25, 0.3) is 0 Å². The fourth-order valence-electron chi connectivity index (χ4n) is 2.16. The molecule has 0 aliphatic rings. The Hall–Kier alpha value is -1.98. The summed E-state index contributed by atoms with van der Waals surface area (Å²) in [6.45, 7) is 2.43. The fourth-order valence-corrected chi connectivity index (χ4v) is 3.21. The summed E-state index contributed by atoms with van der Waals surface area (Å²) >= 11 is 0. The minimum absolute atomic E-state index is 0.147. The van der Waals surface area contributed by atoms with Gasteiger partial charge < -0.3 is 10.1 Å². The van der Waals surface area contributed by atoms with Gasteiger partial charge in [0.05, 0.1) is 6.61 Å². The molecular weight excluding hydrogens is 310 g/mol. The third-order valence-corrected chi connectivity index (χ3v) is 4.59. The van der Waals surface area contributed by atoms with Crippen LogP contribution in [0.4, 0.5) is 5.69 Å². The van der Waals surface area contributed by atoms with E-state index in [4.69, 9.17) is 4.74 Å². The molecule has 0 spiro atoms. The number of carbonyl (C=O) groups is 1. The molecule has 0 saturated heterocycles.